The second kappa shape index (κ2) is 4.77. The first-order valence-electron chi connectivity index (χ1n) is 7.44. The number of aromatic nitrogens is 4. The van der Waals surface area contributed by atoms with E-state index in [9.17, 15) is 0 Å². The third kappa shape index (κ3) is 2.08. The van der Waals surface area contributed by atoms with Crippen molar-refractivity contribution < 1.29 is 0 Å². The van der Waals surface area contributed by atoms with Crippen LogP contribution in [-0.4, -0.2) is 43.4 Å². The van der Waals surface area contributed by atoms with Gasteiger partial charge in [0.25, 0.3) is 0 Å². The maximum Gasteiger partial charge on any atom is 0.202 e. The number of nitrogens with zero attached hydrogens (tertiary/aromatic N) is 5. The third-order valence-electron chi connectivity index (χ3n) is 4.39. The molecule has 20 heavy (non-hydrogen) atoms. The van der Waals surface area contributed by atoms with Crippen LogP contribution in [0.5, 0.6) is 0 Å². The molecule has 3 rings (SSSR count). The SMILES string of the molecule is CCn1nc(C)c2nc(N)n(CC(C)N(C)C3CC3)c21. The largest absolute Gasteiger partial charge is 0.369 e. The smallest absolute Gasteiger partial charge is 0.202 e. The topological polar surface area (TPSA) is 64.9 Å². The van der Waals surface area contributed by atoms with E-state index in [1.807, 2.05) is 11.6 Å². The molecule has 0 spiro atoms. The van der Waals surface area contributed by atoms with Gasteiger partial charge in [-0.15, -0.1) is 0 Å². The monoisotopic (exact) mass is 276 g/mol. The number of imidazole rings is 1. The molecular formula is C14H24N6. The molecule has 1 unspecified atom stereocenters. The number of rotatable bonds is 5. The van der Waals surface area contributed by atoms with Gasteiger partial charge < -0.3 is 5.73 Å². The Morgan fingerprint density at radius 3 is 2.75 bits per heavy atom. The number of nitrogen functional groups attached to an aromatic ring is 1. The van der Waals surface area contributed by atoms with E-state index < -0.39 is 0 Å². The summed E-state index contributed by atoms with van der Waals surface area (Å²) in [4.78, 5) is 6.94. The highest BCUT2D eigenvalue weighted by atomic mass is 15.4. The minimum absolute atomic E-state index is 0.447. The summed E-state index contributed by atoms with van der Waals surface area (Å²) in [6, 6.07) is 1.20. The van der Waals surface area contributed by atoms with Gasteiger partial charge >= 0.3 is 0 Å². The highest BCUT2D eigenvalue weighted by molar-refractivity contribution is 5.77. The van der Waals surface area contributed by atoms with E-state index in [0.717, 1.165) is 36.0 Å². The number of likely N-dealkylation sites (N-methyl/N-ethyl adjacent to an activating group) is 1. The Kier molecular flexibility index (Phi) is 3.20. The molecule has 0 bridgehead atoms. The van der Waals surface area contributed by atoms with E-state index in [4.69, 9.17) is 5.73 Å². The number of hydrogen-bond donors (Lipinski definition) is 1. The number of nitrogens with two attached hydrogens (primary N) is 1. The van der Waals surface area contributed by atoms with Crippen molar-refractivity contribution in [2.45, 2.75) is 58.8 Å². The number of fused-ring (bicyclic) bond motifs is 1. The molecule has 1 fully saturated rings. The van der Waals surface area contributed by atoms with Gasteiger partial charge in [0.1, 0.15) is 5.52 Å². The minimum atomic E-state index is 0.447. The Morgan fingerprint density at radius 1 is 1.45 bits per heavy atom. The molecule has 1 saturated carbocycles. The third-order valence-corrected chi connectivity index (χ3v) is 4.39. The first-order chi connectivity index (χ1) is 9.52. The molecule has 1 aliphatic carbocycles. The highest BCUT2D eigenvalue weighted by Crippen LogP contribution is 2.28. The van der Waals surface area contributed by atoms with Crippen LogP contribution in [0.15, 0.2) is 0 Å². The van der Waals surface area contributed by atoms with Crippen molar-refractivity contribution in [3.8, 4) is 0 Å². The molecule has 0 saturated heterocycles. The van der Waals surface area contributed by atoms with Gasteiger partial charge in [-0.05, 0) is 40.7 Å². The Hall–Kier alpha value is -1.56. The average Bonchev–Trinajstić information content (AvgIpc) is 3.16. The maximum absolute atomic E-state index is 6.12. The second-order valence-corrected chi connectivity index (χ2v) is 5.90. The van der Waals surface area contributed by atoms with Crippen molar-refractivity contribution >= 4 is 17.1 Å². The van der Waals surface area contributed by atoms with Gasteiger partial charge in [0.2, 0.25) is 5.95 Å². The minimum Gasteiger partial charge on any atom is -0.369 e. The molecule has 2 N–H and O–H groups in total. The molecule has 6 heteroatoms. The van der Waals surface area contributed by atoms with E-state index >= 15 is 0 Å². The molecule has 0 aliphatic heterocycles. The van der Waals surface area contributed by atoms with Crippen LogP contribution >= 0.6 is 0 Å². The lowest BCUT2D eigenvalue weighted by molar-refractivity contribution is 0.227. The van der Waals surface area contributed by atoms with Crippen LogP contribution in [0.4, 0.5) is 5.95 Å². The number of anilines is 1. The zero-order valence-corrected chi connectivity index (χ0v) is 12.8. The fraction of sp³-hybridized carbons (Fsp3) is 0.714. The van der Waals surface area contributed by atoms with Crippen molar-refractivity contribution in [1.29, 1.82) is 0 Å². The zero-order valence-electron chi connectivity index (χ0n) is 12.8. The molecule has 0 amide bonds. The van der Waals surface area contributed by atoms with Crippen LogP contribution in [0, 0.1) is 6.92 Å². The van der Waals surface area contributed by atoms with Crippen molar-refractivity contribution in [2.24, 2.45) is 0 Å². The van der Waals surface area contributed by atoms with Gasteiger partial charge in [0.15, 0.2) is 5.65 Å². The predicted octanol–water partition coefficient (Wildman–Crippen LogP) is 1.63. The summed E-state index contributed by atoms with van der Waals surface area (Å²) in [5.41, 5.74) is 9.07. The average molecular weight is 276 g/mol. The van der Waals surface area contributed by atoms with E-state index in [1.54, 1.807) is 0 Å². The summed E-state index contributed by atoms with van der Waals surface area (Å²) in [6.45, 7) is 8.04. The molecular weight excluding hydrogens is 252 g/mol. The summed E-state index contributed by atoms with van der Waals surface area (Å²) in [7, 11) is 2.20. The molecule has 0 radical (unpaired) electrons. The Balaban J connectivity index is 1.95. The van der Waals surface area contributed by atoms with E-state index in [1.165, 1.54) is 12.8 Å². The van der Waals surface area contributed by atoms with E-state index in [2.05, 4.69) is 40.4 Å². The van der Waals surface area contributed by atoms with Gasteiger partial charge in [-0.2, -0.15) is 5.10 Å². The molecule has 2 heterocycles. The Labute approximate surface area is 119 Å². The lowest BCUT2D eigenvalue weighted by Gasteiger charge is -2.25. The summed E-state index contributed by atoms with van der Waals surface area (Å²) in [6.07, 6.45) is 2.64. The molecule has 1 atom stereocenters. The molecule has 0 aromatic carbocycles. The first-order valence-corrected chi connectivity index (χ1v) is 7.44. The van der Waals surface area contributed by atoms with Gasteiger partial charge in [-0.25, -0.2) is 9.67 Å². The summed E-state index contributed by atoms with van der Waals surface area (Å²) < 4.78 is 4.11. The number of aryl methyl sites for hydroxylation is 2. The normalized spacial score (nSPS) is 17.2. The van der Waals surface area contributed by atoms with Crippen molar-refractivity contribution in [3.63, 3.8) is 0 Å². The molecule has 2 aromatic heterocycles. The fourth-order valence-electron chi connectivity index (χ4n) is 2.88. The van der Waals surface area contributed by atoms with Gasteiger partial charge in [-0.1, -0.05) is 0 Å². The van der Waals surface area contributed by atoms with Crippen molar-refractivity contribution in [2.75, 3.05) is 12.8 Å². The summed E-state index contributed by atoms with van der Waals surface area (Å²) in [5, 5.41) is 4.53. The van der Waals surface area contributed by atoms with Gasteiger partial charge in [0, 0.05) is 25.2 Å². The lowest BCUT2D eigenvalue weighted by atomic mass is 10.3. The van der Waals surface area contributed by atoms with Gasteiger partial charge in [0.05, 0.1) is 5.69 Å². The van der Waals surface area contributed by atoms with E-state index in [-0.39, 0.29) is 0 Å². The molecule has 110 valence electrons. The van der Waals surface area contributed by atoms with Crippen LogP contribution < -0.4 is 5.73 Å². The highest BCUT2D eigenvalue weighted by Gasteiger charge is 2.30. The van der Waals surface area contributed by atoms with Crippen LogP contribution in [0.1, 0.15) is 32.4 Å². The van der Waals surface area contributed by atoms with Crippen LogP contribution in [0.2, 0.25) is 0 Å². The quantitative estimate of drug-likeness (QED) is 0.901. The summed E-state index contributed by atoms with van der Waals surface area (Å²) >= 11 is 0. The van der Waals surface area contributed by atoms with Crippen LogP contribution in [0.25, 0.3) is 11.2 Å². The van der Waals surface area contributed by atoms with Crippen LogP contribution in [0.3, 0.4) is 0 Å². The lowest BCUT2D eigenvalue weighted by Crippen LogP contribution is -2.35. The fourth-order valence-corrected chi connectivity index (χ4v) is 2.88. The Morgan fingerprint density at radius 2 is 2.15 bits per heavy atom. The predicted molar refractivity (Wildman–Crippen MR) is 80.6 cm³/mol. The van der Waals surface area contributed by atoms with Crippen molar-refractivity contribution in [3.05, 3.63) is 5.69 Å². The standard InChI is InChI=1S/C14H24N6/c1-5-20-13-12(10(3)17-20)16-14(15)19(13)8-9(2)18(4)11-6-7-11/h9,11H,5-8H2,1-4H3,(H2,15,16). The van der Waals surface area contributed by atoms with Crippen LogP contribution in [-0.2, 0) is 13.1 Å². The maximum atomic E-state index is 6.12. The molecule has 1 aliphatic rings. The van der Waals surface area contributed by atoms with Crippen molar-refractivity contribution in [1.82, 2.24) is 24.2 Å². The molecule has 2 aromatic rings. The summed E-state index contributed by atoms with van der Waals surface area (Å²) in [5.74, 6) is 0.596. The number of hydrogen-bond acceptors (Lipinski definition) is 4. The molecule has 6 nitrogen and oxygen atoms in total. The van der Waals surface area contributed by atoms with E-state index in [0.29, 0.717) is 12.0 Å². The first kappa shape index (κ1) is 13.4. The zero-order chi connectivity index (χ0) is 14.4. The van der Waals surface area contributed by atoms with Gasteiger partial charge in [-0.3, -0.25) is 9.47 Å². The second-order valence-electron chi connectivity index (χ2n) is 5.90. The Bertz CT molecular complexity index is 621.